The fourth-order valence-corrected chi connectivity index (χ4v) is 3.31. The second kappa shape index (κ2) is 6.88. The van der Waals surface area contributed by atoms with Gasteiger partial charge in [0.1, 0.15) is 0 Å². The van der Waals surface area contributed by atoms with E-state index in [9.17, 15) is 9.59 Å². The number of allylic oxidation sites excluding steroid dienone is 2. The van der Waals surface area contributed by atoms with Gasteiger partial charge in [0, 0.05) is 5.92 Å². The van der Waals surface area contributed by atoms with E-state index < -0.39 is 5.97 Å². The van der Waals surface area contributed by atoms with Gasteiger partial charge < -0.3 is 5.11 Å². The van der Waals surface area contributed by atoms with E-state index in [1.807, 2.05) is 6.08 Å². The molecule has 0 bridgehead atoms. The molecule has 3 nitrogen and oxygen atoms in total. The van der Waals surface area contributed by atoms with Crippen LogP contribution in [-0.2, 0) is 9.59 Å². The van der Waals surface area contributed by atoms with Crippen LogP contribution in [0.1, 0.15) is 57.8 Å². The van der Waals surface area contributed by atoms with Crippen LogP contribution in [0.3, 0.4) is 0 Å². The Kier molecular flexibility index (Phi) is 5.17. The largest absolute Gasteiger partial charge is 0.481 e. The molecule has 0 aromatic carbocycles. The third kappa shape index (κ3) is 4.19. The molecule has 0 amide bonds. The van der Waals surface area contributed by atoms with Crippen molar-refractivity contribution in [3.63, 3.8) is 0 Å². The zero-order valence-corrected chi connectivity index (χ0v) is 11.5. The molecule has 0 saturated heterocycles. The number of carboxylic acids is 1. The first-order valence-corrected chi connectivity index (χ1v) is 7.61. The predicted octanol–water partition coefficient (Wildman–Crippen LogP) is 3.58. The standard InChI is InChI=1S/C16H24O3/c17-15(13-4-2-1-3-5-13)11-8-12-6-9-14(10-7-12)16(18)19/h8,11-14H,1-7,9-10H2,(H,18,19)/b11-8+. The molecule has 0 aliphatic heterocycles. The minimum atomic E-state index is -0.666. The van der Waals surface area contributed by atoms with Crippen LogP contribution in [0.2, 0.25) is 0 Å². The zero-order valence-electron chi connectivity index (χ0n) is 11.5. The van der Waals surface area contributed by atoms with Crippen LogP contribution in [0, 0.1) is 17.8 Å². The summed E-state index contributed by atoms with van der Waals surface area (Å²) in [7, 11) is 0. The van der Waals surface area contributed by atoms with Gasteiger partial charge in [-0.15, -0.1) is 0 Å². The smallest absolute Gasteiger partial charge is 0.306 e. The van der Waals surface area contributed by atoms with Gasteiger partial charge in [-0.05, 0) is 50.5 Å². The van der Waals surface area contributed by atoms with Crippen molar-refractivity contribution in [2.45, 2.75) is 57.8 Å². The summed E-state index contributed by atoms with van der Waals surface area (Å²) in [6.45, 7) is 0. The van der Waals surface area contributed by atoms with Gasteiger partial charge in [0.15, 0.2) is 5.78 Å². The maximum Gasteiger partial charge on any atom is 0.306 e. The van der Waals surface area contributed by atoms with E-state index in [-0.39, 0.29) is 11.8 Å². The molecule has 19 heavy (non-hydrogen) atoms. The van der Waals surface area contributed by atoms with Crippen molar-refractivity contribution in [1.82, 2.24) is 0 Å². The number of carbonyl (C=O) groups is 2. The molecule has 0 aromatic heterocycles. The molecule has 2 aliphatic rings. The zero-order chi connectivity index (χ0) is 13.7. The minimum absolute atomic E-state index is 0.168. The van der Waals surface area contributed by atoms with Crippen molar-refractivity contribution < 1.29 is 14.7 Å². The molecular formula is C16H24O3. The third-order valence-corrected chi connectivity index (χ3v) is 4.66. The van der Waals surface area contributed by atoms with Crippen LogP contribution in [0.4, 0.5) is 0 Å². The van der Waals surface area contributed by atoms with Crippen molar-refractivity contribution in [2.75, 3.05) is 0 Å². The maximum atomic E-state index is 12.0. The van der Waals surface area contributed by atoms with Gasteiger partial charge >= 0.3 is 5.97 Å². The molecule has 0 heterocycles. The number of aliphatic carboxylic acids is 1. The molecule has 3 heteroatoms. The first-order valence-electron chi connectivity index (χ1n) is 7.61. The monoisotopic (exact) mass is 264 g/mol. The second-order valence-electron chi connectivity index (χ2n) is 6.05. The van der Waals surface area contributed by atoms with E-state index in [2.05, 4.69) is 0 Å². The second-order valence-corrected chi connectivity index (χ2v) is 6.05. The normalized spacial score (nSPS) is 29.5. The molecule has 0 radical (unpaired) electrons. The van der Waals surface area contributed by atoms with Crippen LogP contribution in [-0.4, -0.2) is 16.9 Å². The highest BCUT2D eigenvalue weighted by atomic mass is 16.4. The predicted molar refractivity (Wildman–Crippen MR) is 73.8 cm³/mol. The molecule has 1 N–H and O–H groups in total. The lowest BCUT2D eigenvalue weighted by atomic mass is 9.81. The fourth-order valence-electron chi connectivity index (χ4n) is 3.31. The number of ketones is 1. The Morgan fingerprint density at radius 1 is 0.842 bits per heavy atom. The molecule has 2 aliphatic carbocycles. The molecule has 106 valence electrons. The van der Waals surface area contributed by atoms with Crippen molar-refractivity contribution in [1.29, 1.82) is 0 Å². The highest BCUT2D eigenvalue weighted by molar-refractivity contribution is 5.91. The van der Waals surface area contributed by atoms with Gasteiger partial charge in [-0.1, -0.05) is 25.3 Å². The van der Waals surface area contributed by atoms with E-state index in [0.717, 1.165) is 38.5 Å². The van der Waals surface area contributed by atoms with Crippen LogP contribution in [0.5, 0.6) is 0 Å². The van der Waals surface area contributed by atoms with Gasteiger partial charge in [0.25, 0.3) is 0 Å². The summed E-state index contributed by atoms with van der Waals surface area (Å²) in [5, 5.41) is 8.94. The highest BCUT2D eigenvalue weighted by Gasteiger charge is 2.25. The number of hydrogen-bond donors (Lipinski definition) is 1. The van der Waals surface area contributed by atoms with Crippen molar-refractivity contribution in [3.05, 3.63) is 12.2 Å². The Morgan fingerprint density at radius 3 is 2.05 bits per heavy atom. The first kappa shape index (κ1) is 14.3. The Bertz CT molecular complexity index is 345. The fraction of sp³-hybridized carbons (Fsp3) is 0.750. The van der Waals surface area contributed by atoms with Gasteiger partial charge in [0.05, 0.1) is 5.92 Å². The quantitative estimate of drug-likeness (QED) is 0.789. The Morgan fingerprint density at radius 2 is 1.47 bits per heavy atom. The van der Waals surface area contributed by atoms with Gasteiger partial charge in [-0.25, -0.2) is 0 Å². The SMILES string of the molecule is O=C(O)C1CCC(/C=C/C(=O)C2CCCCC2)CC1. The van der Waals surface area contributed by atoms with Crippen LogP contribution < -0.4 is 0 Å². The summed E-state index contributed by atoms with van der Waals surface area (Å²) in [6.07, 6.45) is 12.9. The summed E-state index contributed by atoms with van der Waals surface area (Å²) in [5.74, 6) is 0.114. The topological polar surface area (TPSA) is 54.4 Å². The lowest BCUT2D eigenvalue weighted by Gasteiger charge is -2.24. The lowest BCUT2D eigenvalue weighted by molar-refractivity contribution is -0.143. The number of carbonyl (C=O) groups excluding carboxylic acids is 1. The average Bonchev–Trinajstić information content (AvgIpc) is 2.46. The summed E-state index contributed by atoms with van der Waals surface area (Å²) in [6, 6.07) is 0. The van der Waals surface area contributed by atoms with E-state index in [1.54, 1.807) is 6.08 Å². The lowest BCUT2D eigenvalue weighted by Crippen LogP contribution is -2.21. The summed E-state index contributed by atoms with van der Waals surface area (Å²) in [4.78, 5) is 22.9. The van der Waals surface area contributed by atoms with E-state index in [4.69, 9.17) is 5.11 Å². The molecule has 2 rings (SSSR count). The van der Waals surface area contributed by atoms with E-state index >= 15 is 0 Å². The molecule has 0 spiro atoms. The number of carboxylic acid groups (broad SMARTS) is 1. The summed E-state index contributed by atoms with van der Waals surface area (Å²) in [5.41, 5.74) is 0. The number of rotatable bonds is 4. The van der Waals surface area contributed by atoms with Gasteiger partial charge in [0.2, 0.25) is 0 Å². The third-order valence-electron chi connectivity index (χ3n) is 4.66. The van der Waals surface area contributed by atoms with Crippen molar-refractivity contribution >= 4 is 11.8 Å². The highest BCUT2D eigenvalue weighted by Crippen LogP contribution is 2.30. The van der Waals surface area contributed by atoms with E-state index in [1.165, 1.54) is 19.3 Å². The first-order chi connectivity index (χ1) is 9.16. The maximum absolute atomic E-state index is 12.0. The molecule has 2 saturated carbocycles. The molecule has 0 unspecified atom stereocenters. The van der Waals surface area contributed by atoms with Gasteiger partial charge in [-0.3, -0.25) is 9.59 Å². The molecular weight excluding hydrogens is 240 g/mol. The average molecular weight is 264 g/mol. The Hall–Kier alpha value is -1.12. The minimum Gasteiger partial charge on any atom is -0.481 e. The Balaban J connectivity index is 1.76. The van der Waals surface area contributed by atoms with Crippen LogP contribution in [0.15, 0.2) is 12.2 Å². The Labute approximate surface area is 115 Å². The summed E-state index contributed by atoms with van der Waals surface area (Å²) < 4.78 is 0. The number of hydrogen-bond acceptors (Lipinski definition) is 2. The molecule has 0 aromatic rings. The molecule has 2 fully saturated rings. The van der Waals surface area contributed by atoms with Crippen LogP contribution in [0.25, 0.3) is 0 Å². The van der Waals surface area contributed by atoms with Crippen molar-refractivity contribution in [2.24, 2.45) is 17.8 Å². The summed E-state index contributed by atoms with van der Waals surface area (Å²) >= 11 is 0. The van der Waals surface area contributed by atoms with Crippen LogP contribution >= 0.6 is 0 Å². The molecule has 0 atom stereocenters. The van der Waals surface area contributed by atoms with Gasteiger partial charge in [-0.2, -0.15) is 0 Å². The van der Waals surface area contributed by atoms with E-state index in [0.29, 0.717) is 11.7 Å². The van der Waals surface area contributed by atoms with Crippen molar-refractivity contribution in [3.8, 4) is 0 Å².